The Bertz CT molecular complexity index is 645. The number of carbonyl (C=O) groups excluding carboxylic acids is 4. The Morgan fingerprint density at radius 1 is 1.11 bits per heavy atom. The summed E-state index contributed by atoms with van der Waals surface area (Å²) in [5.41, 5.74) is 0.574. The van der Waals surface area contributed by atoms with Crippen LogP contribution >= 0.6 is 0 Å². The van der Waals surface area contributed by atoms with Gasteiger partial charge in [-0.1, -0.05) is 37.3 Å². The summed E-state index contributed by atoms with van der Waals surface area (Å²) in [5, 5.41) is 2.68. The number of benzene rings is 1. The van der Waals surface area contributed by atoms with Crippen molar-refractivity contribution in [1.82, 2.24) is 10.2 Å². The Hall–Kier alpha value is -2.70. The molecule has 0 aromatic heterocycles. The molecule has 0 saturated heterocycles. The van der Waals surface area contributed by atoms with E-state index in [0.29, 0.717) is 25.1 Å². The van der Waals surface area contributed by atoms with Crippen LogP contribution in [0.3, 0.4) is 0 Å². The molecule has 0 aliphatic heterocycles. The van der Waals surface area contributed by atoms with Crippen molar-refractivity contribution >= 4 is 23.6 Å². The van der Waals surface area contributed by atoms with Crippen molar-refractivity contribution in [2.24, 2.45) is 5.92 Å². The zero-order chi connectivity index (χ0) is 20.2. The topological polar surface area (TPSA) is 92.8 Å². The monoisotopic (exact) mass is 376 g/mol. The first kappa shape index (κ1) is 22.3. The van der Waals surface area contributed by atoms with Gasteiger partial charge in [0.1, 0.15) is 0 Å². The van der Waals surface area contributed by atoms with Gasteiger partial charge in [0.2, 0.25) is 11.8 Å². The summed E-state index contributed by atoms with van der Waals surface area (Å²) in [6.45, 7) is 4.16. The Balaban J connectivity index is 2.62. The lowest BCUT2D eigenvalue weighted by atomic mass is 10.1. The van der Waals surface area contributed by atoms with Gasteiger partial charge in [-0.3, -0.25) is 19.2 Å². The molecule has 1 unspecified atom stereocenters. The second-order valence-corrected chi connectivity index (χ2v) is 6.39. The van der Waals surface area contributed by atoms with Crippen LogP contribution in [0.5, 0.6) is 0 Å². The van der Waals surface area contributed by atoms with Crippen LogP contribution in [-0.2, 0) is 19.1 Å². The maximum absolute atomic E-state index is 12.6. The molecule has 27 heavy (non-hydrogen) atoms. The second-order valence-electron chi connectivity index (χ2n) is 6.39. The average Bonchev–Trinajstić information content (AvgIpc) is 2.67. The van der Waals surface area contributed by atoms with E-state index in [4.69, 9.17) is 4.74 Å². The summed E-state index contributed by atoms with van der Waals surface area (Å²) < 4.78 is 4.72. The number of hydrogen-bond acceptors (Lipinski definition) is 5. The van der Waals surface area contributed by atoms with E-state index >= 15 is 0 Å². The zero-order valence-corrected chi connectivity index (χ0v) is 16.2. The molecule has 0 aliphatic rings. The van der Waals surface area contributed by atoms with Gasteiger partial charge in [-0.05, 0) is 6.42 Å². The number of nitrogens with one attached hydrogen (secondary N) is 1. The third kappa shape index (κ3) is 8.48. The first-order valence-corrected chi connectivity index (χ1v) is 9.03. The van der Waals surface area contributed by atoms with Crippen molar-refractivity contribution in [1.29, 1.82) is 0 Å². The highest BCUT2D eigenvalue weighted by molar-refractivity contribution is 5.97. The first-order chi connectivity index (χ1) is 12.8. The van der Waals surface area contributed by atoms with Crippen LogP contribution in [0.15, 0.2) is 30.3 Å². The zero-order valence-electron chi connectivity index (χ0n) is 16.2. The molecular formula is C20H28N2O5. The molecule has 0 saturated carbocycles. The molecule has 0 fully saturated rings. The van der Waals surface area contributed by atoms with Gasteiger partial charge in [-0.25, -0.2) is 0 Å². The number of nitrogens with zero attached hydrogens (tertiary/aromatic N) is 1. The largest absolute Gasteiger partial charge is 0.469 e. The predicted octanol–water partition coefficient (Wildman–Crippen LogP) is 1.81. The molecule has 0 spiro atoms. The number of methoxy groups -OCH3 is 1. The highest BCUT2D eigenvalue weighted by Crippen LogP contribution is 2.10. The molecule has 1 N–H and O–H groups in total. The maximum atomic E-state index is 12.6. The first-order valence-electron chi connectivity index (χ1n) is 9.03. The van der Waals surface area contributed by atoms with Gasteiger partial charge in [0.05, 0.1) is 13.0 Å². The van der Waals surface area contributed by atoms with Crippen molar-refractivity contribution in [3.8, 4) is 0 Å². The second kappa shape index (κ2) is 11.8. The minimum Gasteiger partial charge on any atom is -0.469 e. The fraction of sp³-hybridized carbons (Fsp3) is 0.500. The van der Waals surface area contributed by atoms with Crippen LogP contribution in [-0.4, -0.2) is 55.2 Å². The lowest BCUT2D eigenvalue weighted by molar-refractivity contribution is -0.146. The summed E-state index contributed by atoms with van der Waals surface area (Å²) in [6.07, 6.45) is 0.741. The predicted molar refractivity (Wildman–Crippen MR) is 101 cm³/mol. The molecule has 1 rings (SSSR count). The van der Waals surface area contributed by atoms with Gasteiger partial charge in [0.15, 0.2) is 5.78 Å². The van der Waals surface area contributed by atoms with E-state index in [1.807, 2.05) is 6.07 Å². The van der Waals surface area contributed by atoms with E-state index in [-0.39, 0.29) is 37.0 Å². The molecule has 2 amide bonds. The highest BCUT2D eigenvalue weighted by Gasteiger charge is 2.22. The van der Waals surface area contributed by atoms with Crippen LogP contribution in [0, 0.1) is 5.92 Å². The van der Waals surface area contributed by atoms with Crippen molar-refractivity contribution < 1.29 is 23.9 Å². The van der Waals surface area contributed by atoms with Crippen LogP contribution in [0.2, 0.25) is 0 Å². The molecule has 1 aromatic rings. The van der Waals surface area contributed by atoms with Gasteiger partial charge in [-0.2, -0.15) is 0 Å². The molecule has 0 radical (unpaired) electrons. The Labute approximate surface area is 160 Å². The summed E-state index contributed by atoms with van der Waals surface area (Å²) in [6, 6.07) is 8.82. The summed E-state index contributed by atoms with van der Waals surface area (Å²) >= 11 is 0. The SMILES string of the molecule is COC(=O)C(C)CN(CCCNC(C)=O)C(=O)CCC(=O)c1ccccc1. The van der Waals surface area contributed by atoms with Gasteiger partial charge in [0, 0.05) is 45.0 Å². The maximum Gasteiger partial charge on any atom is 0.310 e. The fourth-order valence-electron chi connectivity index (χ4n) is 2.61. The number of esters is 1. The van der Waals surface area contributed by atoms with Crippen molar-refractivity contribution in [2.45, 2.75) is 33.1 Å². The smallest absolute Gasteiger partial charge is 0.310 e. The molecular weight excluding hydrogens is 348 g/mol. The Kier molecular flexibility index (Phi) is 9.79. The molecule has 148 valence electrons. The Morgan fingerprint density at radius 3 is 2.37 bits per heavy atom. The minimum absolute atomic E-state index is 0.0712. The number of ketones is 1. The standard InChI is InChI=1S/C20H28N2O5/c1-15(20(26)27-3)14-22(13-7-12-21-16(2)23)19(25)11-10-18(24)17-8-5-4-6-9-17/h4-6,8-9,15H,7,10-14H2,1-3H3,(H,21,23). The van der Waals surface area contributed by atoms with E-state index in [2.05, 4.69) is 5.32 Å². The lowest BCUT2D eigenvalue weighted by Gasteiger charge is -2.25. The Morgan fingerprint density at radius 2 is 1.78 bits per heavy atom. The molecule has 0 heterocycles. The molecule has 1 aromatic carbocycles. The van der Waals surface area contributed by atoms with E-state index in [0.717, 1.165) is 0 Å². The normalized spacial score (nSPS) is 11.4. The molecule has 0 bridgehead atoms. The van der Waals surface area contributed by atoms with Crippen LogP contribution in [0.1, 0.15) is 43.5 Å². The van der Waals surface area contributed by atoms with Gasteiger partial charge >= 0.3 is 5.97 Å². The summed E-state index contributed by atoms with van der Waals surface area (Å²) in [7, 11) is 1.31. The highest BCUT2D eigenvalue weighted by atomic mass is 16.5. The third-order valence-corrected chi connectivity index (χ3v) is 4.09. The van der Waals surface area contributed by atoms with Crippen molar-refractivity contribution in [3.05, 3.63) is 35.9 Å². The minimum atomic E-state index is -0.468. The number of amides is 2. The quantitative estimate of drug-likeness (QED) is 0.361. The third-order valence-electron chi connectivity index (χ3n) is 4.09. The van der Waals surface area contributed by atoms with Crippen LogP contribution in [0.4, 0.5) is 0 Å². The van der Waals surface area contributed by atoms with E-state index in [1.165, 1.54) is 14.0 Å². The number of Topliss-reactive ketones (excluding diaryl/α,β-unsaturated/α-hetero) is 1. The van der Waals surface area contributed by atoms with Crippen molar-refractivity contribution in [3.63, 3.8) is 0 Å². The van der Waals surface area contributed by atoms with E-state index < -0.39 is 11.9 Å². The van der Waals surface area contributed by atoms with Gasteiger partial charge < -0.3 is 15.0 Å². The lowest BCUT2D eigenvalue weighted by Crippen LogP contribution is -2.39. The van der Waals surface area contributed by atoms with E-state index in [1.54, 1.807) is 36.1 Å². The van der Waals surface area contributed by atoms with Crippen LogP contribution in [0.25, 0.3) is 0 Å². The number of rotatable bonds is 11. The number of ether oxygens (including phenoxy) is 1. The number of carbonyl (C=O) groups is 4. The fourth-order valence-corrected chi connectivity index (χ4v) is 2.61. The molecule has 0 aliphatic carbocycles. The van der Waals surface area contributed by atoms with Gasteiger partial charge in [0.25, 0.3) is 0 Å². The van der Waals surface area contributed by atoms with Gasteiger partial charge in [-0.15, -0.1) is 0 Å². The summed E-state index contributed by atoms with van der Waals surface area (Å²) in [5.74, 6) is -1.29. The molecule has 1 atom stereocenters. The van der Waals surface area contributed by atoms with Crippen molar-refractivity contribution in [2.75, 3.05) is 26.7 Å². The molecule has 7 nitrogen and oxygen atoms in total. The number of hydrogen-bond donors (Lipinski definition) is 1. The average molecular weight is 376 g/mol. The van der Waals surface area contributed by atoms with Crippen LogP contribution < -0.4 is 5.32 Å². The molecule has 7 heteroatoms. The van der Waals surface area contributed by atoms with E-state index in [9.17, 15) is 19.2 Å². The summed E-state index contributed by atoms with van der Waals surface area (Å²) in [4.78, 5) is 49.0.